The van der Waals surface area contributed by atoms with Gasteiger partial charge in [0.25, 0.3) is 5.91 Å². The van der Waals surface area contributed by atoms with Crippen LogP contribution >= 0.6 is 11.6 Å². The van der Waals surface area contributed by atoms with Crippen LogP contribution in [0, 0.1) is 6.92 Å². The van der Waals surface area contributed by atoms with E-state index in [4.69, 9.17) is 21.3 Å². The molecule has 0 unspecified atom stereocenters. The zero-order valence-electron chi connectivity index (χ0n) is 17.6. The minimum absolute atomic E-state index is 0.0742. The molecule has 2 amide bonds. The summed E-state index contributed by atoms with van der Waals surface area (Å²) in [7, 11) is 0. The Kier molecular flexibility index (Phi) is 6.09. The molecule has 0 saturated carbocycles. The van der Waals surface area contributed by atoms with Gasteiger partial charge in [0.2, 0.25) is 0 Å². The number of carbonyl (C=O) groups excluding carboxylic acids is 2. The summed E-state index contributed by atoms with van der Waals surface area (Å²) in [6.07, 6.45) is -0.333. The summed E-state index contributed by atoms with van der Waals surface area (Å²) < 4.78 is 5.07. The summed E-state index contributed by atoms with van der Waals surface area (Å²) in [6, 6.07) is 15.2. The Balaban J connectivity index is 1.69. The van der Waals surface area contributed by atoms with Crippen LogP contribution in [0.25, 0.3) is 22.2 Å². The van der Waals surface area contributed by atoms with Crippen LogP contribution < -0.4 is 0 Å². The van der Waals surface area contributed by atoms with Gasteiger partial charge in [-0.2, -0.15) is 0 Å². The number of fused-ring (bicyclic) bond motifs is 1. The van der Waals surface area contributed by atoms with Gasteiger partial charge in [-0.3, -0.25) is 4.79 Å². The smallest absolute Gasteiger partial charge is 0.409 e. The number of hydrogen-bond acceptors (Lipinski definition) is 4. The number of benzene rings is 2. The fourth-order valence-corrected chi connectivity index (χ4v) is 4.03. The largest absolute Gasteiger partial charge is 0.450 e. The lowest BCUT2D eigenvalue weighted by Crippen LogP contribution is -2.50. The van der Waals surface area contributed by atoms with Crippen LogP contribution in [0.5, 0.6) is 0 Å². The van der Waals surface area contributed by atoms with Gasteiger partial charge in [-0.25, -0.2) is 9.78 Å². The maximum Gasteiger partial charge on any atom is 0.409 e. The van der Waals surface area contributed by atoms with E-state index in [1.807, 2.05) is 55.5 Å². The van der Waals surface area contributed by atoms with Crippen LogP contribution in [0.3, 0.4) is 0 Å². The van der Waals surface area contributed by atoms with Crippen molar-refractivity contribution in [1.29, 1.82) is 0 Å². The summed E-state index contributed by atoms with van der Waals surface area (Å²) in [5, 5.41) is 1.40. The third kappa shape index (κ3) is 4.35. The molecule has 2 heterocycles. The molecular weight excluding hydrogens is 414 g/mol. The second kappa shape index (κ2) is 8.94. The monoisotopic (exact) mass is 437 g/mol. The van der Waals surface area contributed by atoms with Crippen molar-refractivity contribution in [3.63, 3.8) is 0 Å². The van der Waals surface area contributed by atoms with E-state index in [9.17, 15) is 9.59 Å². The van der Waals surface area contributed by atoms with E-state index < -0.39 is 0 Å². The van der Waals surface area contributed by atoms with Crippen LogP contribution in [0.2, 0.25) is 5.02 Å². The number of ether oxygens (including phenoxy) is 1. The number of halogens is 1. The molecule has 31 heavy (non-hydrogen) atoms. The number of rotatable bonds is 3. The van der Waals surface area contributed by atoms with E-state index in [-0.39, 0.29) is 12.0 Å². The fraction of sp³-hybridized carbons (Fsp3) is 0.292. The molecule has 0 radical (unpaired) electrons. The Hall–Kier alpha value is -3.12. The minimum atomic E-state index is -0.333. The Morgan fingerprint density at radius 3 is 2.45 bits per heavy atom. The third-order valence-corrected chi connectivity index (χ3v) is 5.77. The third-order valence-electron chi connectivity index (χ3n) is 5.44. The number of aryl methyl sites for hydroxylation is 1. The van der Waals surface area contributed by atoms with Gasteiger partial charge in [0.15, 0.2) is 0 Å². The summed E-state index contributed by atoms with van der Waals surface area (Å²) in [6.45, 7) is 5.92. The van der Waals surface area contributed by atoms with Crippen molar-refractivity contribution >= 4 is 34.5 Å². The molecule has 4 rings (SSSR count). The van der Waals surface area contributed by atoms with E-state index in [1.54, 1.807) is 16.7 Å². The Bertz CT molecular complexity index is 1140. The maximum absolute atomic E-state index is 13.5. The molecule has 0 atom stereocenters. The molecule has 2 aromatic carbocycles. The molecule has 0 bridgehead atoms. The Labute approximate surface area is 186 Å². The van der Waals surface area contributed by atoms with Crippen molar-refractivity contribution < 1.29 is 14.3 Å². The van der Waals surface area contributed by atoms with Gasteiger partial charge in [0, 0.05) is 42.2 Å². The van der Waals surface area contributed by atoms with Gasteiger partial charge in [-0.1, -0.05) is 41.4 Å². The first kappa shape index (κ1) is 21.1. The lowest BCUT2D eigenvalue weighted by Gasteiger charge is -2.34. The second-order valence-electron chi connectivity index (χ2n) is 7.53. The zero-order chi connectivity index (χ0) is 22.0. The lowest BCUT2D eigenvalue weighted by atomic mass is 10.0. The number of nitrogens with zero attached hydrogens (tertiary/aromatic N) is 3. The van der Waals surface area contributed by atoms with Gasteiger partial charge in [-0.15, -0.1) is 0 Å². The highest BCUT2D eigenvalue weighted by Gasteiger charge is 2.27. The Morgan fingerprint density at radius 2 is 1.74 bits per heavy atom. The van der Waals surface area contributed by atoms with E-state index in [2.05, 4.69) is 0 Å². The maximum atomic E-state index is 13.5. The van der Waals surface area contributed by atoms with Gasteiger partial charge >= 0.3 is 6.09 Å². The van der Waals surface area contributed by atoms with E-state index in [1.165, 1.54) is 0 Å². The molecule has 1 aliphatic heterocycles. The van der Waals surface area contributed by atoms with Crippen LogP contribution in [0.15, 0.2) is 48.5 Å². The first-order chi connectivity index (χ1) is 15.0. The number of aromatic nitrogens is 1. The zero-order valence-corrected chi connectivity index (χ0v) is 18.4. The predicted molar refractivity (Wildman–Crippen MR) is 121 cm³/mol. The standard InChI is InChI=1S/C24H24ClN3O3/c1-3-31-24(30)28-12-10-27(11-13-28)23(29)19-15-22(17-6-4-5-7-20(17)25)26-21-9-8-16(2)14-18(19)21/h4-9,14-15H,3,10-13H2,1-2H3. The SMILES string of the molecule is CCOC(=O)N1CCN(C(=O)c2cc(-c3ccccc3Cl)nc3ccc(C)cc23)CC1. The molecule has 1 fully saturated rings. The highest BCUT2D eigenvalue weighted by molar-refractivity contribution is 6.33. The van der Waals surface area contributed by atoms with Crippen molar-refractivity contribution in [2.24, 2.45) is 0 Å². The normalized spacial score (nSPS) is 14.0. The Morgan fingerprint density at radius 1 is 1.03 bits per heavy atom. The van der Waals surface area contributed by atoms with Gasteiger partial charge in [-0.05, 0) is 38.1 Å². The number of hydrogen-bond donors (Lipinski definition) is 0. The number of carbonyl (C=O) groups is 2. The molecule has 0 aliphatic carbocycles. The summed E-state index contributed by atoms with van der Waals surface area (Å²) in [5.74, 6) is -0.0742. The molecule has 3 aromatic rings. The highest BCUT2D eigenvalue weighted by Crippen LogP contribution is 2.31. The molecule has 160 valence electrons. The van der Waals surface area contributed by atoms with Crippen molar-refractivity contribution in [2.45, 2.75) is 13.8 Å². The quantitative estimate of drug-likeness (QED) is 0.591. The van der Waals surface area contributed by atoms with Crippen LogP contribution in [0.4, 0.5) is 4.79 Å². The average Bonchev–Trinajstić information content (AvgIpc) is 2.78. The van der Waals surface area contributed by atoms with Crippen molar-refractivity contribution in [3.05, 3.63) is 64.7 Å². The van der Waals surface area contributed by atoms with Gasteiger partial charge in [0.05, 0.1) is 23.4 Å². The van der Waals surface area contributed by atoms with Gasteiger partial charge < -0.3 is 14.5 Å². The minimum Gasteiger partial charge on any atom is -0.450 e. The van der Waals surface area contributed by atoms with E-state index in [0.29, 0.717) is 49.1 Å². The molecule has 1 aliphatic rings. The lowest BCUT2D eigenvalue weighted by molar-refractivity contribution is 0.0572. The summed E-state index contributed by atoms with van der Waals surface area (Å²) >= 11 is 6.40. The van der Waals surface area contributed by atoms with Crippen molar-refractivity contribution in [2.75, 3.05) is 32.8 Å². The molecule has 7 heteroatoms. The summed E-state index contributed by atoms with van der Waals surface area (Å²) in [5.41, 5.74) is 3.84. The number of pyridine rings is 1. The molecular formula is C24H24ClN3O3. The molecule has 6 nitrogen and oxygen atoms in total. The van der Waals surface area contributed by atoms with Crippen LogP contribution in [0.1, 0.15) is 22.8 Å². The molecule has 1 aromatic heterocycles. The highest BCUT2D eigenvalue weighted by atomic mass is 35.5. The average molecular weight is 438 g/mol. The molecule has 0 spiro atoms. The predicted octanol–water partition coefficient (Wildman–Crippen LogP) is 4.78. The first-order valence-electron chi connectivity index (χ1n) is 10.3. The number of piperazine rings is 1. The first-order valence-corrected chi connectivity index (χ1v) is 10.7. The van der Waals surface area contributed by atoms with E-state index in [0.717, 1.165) is 22.0 Å². The summed E-state index contributed by atoms with van der Waals surface area (Å²) in [4.78, 5) is 33.7. The topological polar surface area (TPSA) is 62.7 Å². The van der Waals surface area contributed by atoms with Crippen molar-refractivity contribution in [3.8, 4) is 11.3 Å². The fourth-order valence-electron chi connectivity index (χ4n) is 3.80. The molecule has 1 saturated heterocycles. The number of amides is 2. The molecule has 0 N–H and O–H groups in total. The second-order valence-corrected chi connectivity index (χ2v) is 7.94. The van der Waals surface area contributed by atoms with Gasteiger partial charge in [0.1, 0.15) is 0 Å². The van der Waals surface area contributed by atoms with E-state index >= 15 is 0 Å². The van der Waals surface area contributed by atoms with Crippen molar-refractivity contribution in [1.82, 2.24) is 14.8 Å². The van der Waals surface area contributed by atoms with Crippen LogP contribution in [-0.2, 0) is 4.74 Å². The van der Waals surface area contributed by atoms with Crippen LogP contribution in [-0.4, -0.2) is 59.6 Å².